The zero-order chi connectivity index (χ0) is 37.9. The summed E-state index contributed by atoms with van der Waals surface area (Å²) in [6.45, 7) is 0. The van der Waals surface area contributed by atoms with E-state index in [4.69, 9.17) is 0 Å². The van der Waals surface area contributed by atoms with E-state index in [0.717, 1.165) is 0 Å². The van der Waals surface area contributed by atoms with Crippen LogP contribution < -0.4 is 0 Å². The molecule has 0 fully saturated rings. The summed E-state index contributed by atoms with van der Waals surface area (Å²) in [6, 6.07) is 71.8. The van der Waals surface area contributed by atoms with Gasteiger partial charge in [-0.25, -0.2) is 0 Å². The molecular weight excluding hydrogens is 741 g/mol. The molecule has 0 saturated heterocycles. The Morgan fingerprint density at radius 3 is 1.33 bits per heavy atom. The van der Waals surface area contributed by atoms with Crippen LogP contribution in [0.3, 0.4) is 0 Å². The van der Waals surface area contributed by atoms with Gasteiger partial charge in [-0.1, -0.05) is 103 Å². The molecule has 13 rings (SSSR count). The zero-order valence-electron chi connectivity index (χ0n) is 31.2. The second-order valence-electron chi connectivity index (χ2n) is 15.3. The number of aromatic nitrogens is 2. The van der Waals surface area contributed by atoms with Gasteiger partial charge < -0.3 is 9.13 Å². The minimum absolute atomic E-state index is 1.17. The molecule has 0 atom stereocenters. The topological polar surface area (TPSA) is 9.86 Å². The number of fused-ring (bicyclic) bond motifs is 12. The molecule has 13 aromatic rings. The predicted octanol–water partition coefficient (Wildman–Crippen LogP) is 16.0. The molecule has 0 N–H and O–H groups in total. The molecule has 0 aliphatic rings. The highest BCUT2D eigenvalue weighted by molar-refractivity contribution is 7.28. The van der Waals surface area contributed by atoms with E-state index in [1.807, 2.05) is 22.7 Å². The molecule has 0 amide bonds. The molecule has 0 unspecified atom stereocenters. The van der Waals surface area contributed by atoms with Crippen LogP contribution in [0.1, 0.15) is 0 Å². The molecule has 0 saturated carbocycles. The van der Waals surface area contributed by atoms with Gasteiger partial charge in [-0.15, -0.1) is 22.7 Å². The summed E-state index contributed by atoms with van der Waals surface area (Å²) in [5, 5.41) is 10.4. The van der Waals surface area contributed by atoms with Crippen LogP contribution >= 0.6 is 22.7 Å². The smallest absolute Gasteiger partial charge is 0.0541 e. The van der Waals surface area contributed by atoms with Crippen molar-refractivity contribution < 1.29 is 0 Å². The molecule has 0 radical (unpaired) electrons. The average Bonchev–Trinajstić information content (AvgIpc) is 4.02. The van der Waals surface area contributed by atoms with E-state index in [9.17, 15) is 0 Å². The summed E-state index contributed by atoms with van der Waals surface area (Å²) in [7, 11) is 0. The molecule has 270 valence electrons. The highest BCUT2D eigenvalue weighted by Gasteiger charge is 2.18. The van der Waals surface area contributed by atoms with Crippen molar-refractivity contribution in [3.8, 4) is 33.6 Å². The second kappa shape index (κ2) is 12.3. The number of thiophene rings is 2. The van der Waals surface area contributed by atoms with Gasteiger partial charge in [-0.3, -0.25) is 0 Å². The normalized spacial score (nSPS) is 12.1. The van der Waals surface area contributed by atoms with Crippen LogP contribution in [0.2, 0.25) is 0 Å². The Morgan fingerprint density at radius 2 is 0.690 bits per heavy atom. The van der Waals surface area contributed by atoms with Gasteiger partial charge in [0.15, 0.2) is 0 Å². The van der Waals surface area contributed by atoms with Crippen molar-refractivity contribution in [3.05, 3.63) is 194 Å². The third-order valence-corrected chi connectivity index (χ3v) is 14.4. The van der Waals surface area contributed by atoms with Crippen LogP contribution in [0.25, 0.3) is 118 Å². The monoisotopic (exact) mass is 772 g/mol. The lowest BCUT2D eigenvalue weighted by atomic mass is 9.99. The number of hydrogen-bond donors (Lipinski definition) is 0. The standard InChI is InChI=1S/C54H32N2S2/c1-3-11-33(12-4-1)34-19-23-49-41(27-34)42-28-35(20-24-50(42)55(49)37-13-5-2-6-14-37)36-21-25-51-43(29-36)45-31-46-44-30-38(22-26-52(44)58-54(46)32-53(45)57-51)56-47-17-9-7-15-39(47)40-16-8-10-18-48(40)56/h1-32H. The Hall–Kier alpha value is -6.98. The Labute approximate surface area is 341 Å². The van der Waals surface area contributed by atoms with E-state index in [0.29, 0.717) is 0 Å². The quantitative estimate of drug-likeness (QED) is 0.169. The molecule has 0 spiro atoms. The molecule has 4 heteroatoms. The van der Waals surface area contributed by atoms with Gasteiger partial charge in [-0.05, 0) is 113 Å². The number of benzene rings is 9. The number of hydrogen-bond acceptors (Lipinski definition) is 2. The summed E-state index contributed by atoms with van der Waals surface area (Å²) in [4.78, 5) is 0. The molecular formula is C54H32N2S2. The number of nitrogens with zero attached hydrogens (tertiary/aromatic N) is 2. The van der Waals surface area contributed by atoms with Crippen molar-refractivity contribution in [2.24, 2.45) is 0 Å². The van der Waals surface area contributed by atoms with Crippen LogP contribution in [0.4, 0.5) is 0 Å². The molecule has 2 nitrogen and oxygen atoms in total. The first-order valence-corrected chi connectivity index (χ1v) is 21.4. The SMILES string of the molecule is c1ccc(-c2ccc3c(c2)c2cc(-c4ccc5sc6cc7sc8ccc(-n9c%10ccccc%10c%10ccccc%109)cc8c7cc6c5c4)ccc2n3-c2ccccc2)cc1. The van der Waals surface area contributed by atoms with Crippen LogP contribution in [0.15, 0.2) is 194 Å². The van der Waals surface area contributed by atoms with Gasteiger partial charge in [0, 0.05) is 73.3 Å². The fraction of sp³-hybridized carbons (Fsp3) is 0. The van der Waals surface area contributed by atoms with E-state index in [2.05, 4.69) is 203 Å². The lowest BCUT2D eigenvalue weighted by molar-refractivity contribution is 1.18. The van der Waals surface area contributed by atoms with Crippen molar-refractivity contribution in [2.45, 2.75) is 0 Å². The van der Waals surface area contributed by atoms with Gasteiger partial charge in [0.25, 0.3) is 0 Å². The Kier molecular flexibility index (Phi) is 6.79. The Balaban J connectivity index is 0.982. The lowest BCUT2D eigenvalue weighted by Crippen LogP contribution is -1.93. The zero-order valence-corrected chi connectivity index (χ0v) is 32.8. The van der Waals surface area contributed by atoms with Crippen molar-refractivity contribution in [1.82, 2.24) is 9.13 Å². The molecule has 58 heavy (non-hydrogen) atoms. The van der Waals surface area contributed by atoms with E-state index < -0.39 is 0 Å². The van der Waals surface area contributed by atoms with E-state index in [-0.39, 0.29) is 0 Å². The van der Waals surface area contributed by atoms with Crippen LogP contribution in [0, 0.1) is 0 Å². The summed E-state index contributed by atoms with van der Waals surface area (Å²) in [6.07, 6.45) is 0. The predicted molar refractivity (Wildman–Crippen MR) is 252 cm³/mol. The first-order chi connectivity index (χ1) is 28.7. The Bertz CT molecular complexity index is 3730. The van der Waals surface area contributed by atoms with Crippen LogP contribution in [0.5, 0.6) is 0 Å². The number of para-hydroxylation sites is 3. The van der Waals surface area contributed by atoms with Gasteiger partial charge in [0.05, 0.1) is 22.1 Å². The van der Waals surface area contributed by atoms with E-state index >= 15 is 0 Å². The summed E-state index contributed by atoms with van der Waals surface area (Å²) >= 11 is 3.80. The third-order valence-electron chi connectivity index (χ3n) is 12.1. The fourth-order valence-corrected chi connectivity index (χ4v) is 11.7. The van der Waals surface area contributed by atoms with Crippen molar-refractivity contribution in [3.63, 3.8) is 0 Å². The minimum Gasteiger partial charge on any atom is -0.309 e. The maximum absolute atomic E-state index is 2.46. The first kappa shape index (κ1) is 32.1. The molecule has 4 aromatic heterocycles. The van der Waals surface area contributed by atoms with Gasteiger partial charge in [0.2, 0.25) is 0 Å². The molecule has 9 aromatic carbocycles. The van der Waals surface area contributed by atoms with E-state index in [1.54, 1.807) is 0 Å². The van der Waals surface area contributed by atoms with Gasteiger partial charge >= 0.3 is 0 Å². The van der Waals surface area contributed by atoms with Gasteiger partial charge in [0.1, 0.15) is 0 Å². The summed E-state index contributed by atoms with van der Waals surface area (Å²) in [5.74, 6) is 0. The largest absolute Gasteiger partial charge is 0.309 e. The maximum atomic E-state index is 2.46. The highest BCUT2D eigenvalue weighted by atomic mass is 32.1. The summed E-state index contributed by atoms with van der Waals surface area (Å²) < 4.78 is 10.1. The first-order valence-electron chi connectivity index (χ1n) is 19.7. The second-order valence-corrected chi connectivity index (χ2v) is 17.5. The average molecular weight is 773 g/mol. The molecule has 0 bridgehead atoms. The molecule has 4 heterocycles. The van der Waals surface area contributed by atoms with Crippen molar-refractivity contribution in [2.75, 3.05) is 0 Å². The van der Waals surface area contributed by atoms with Crippen LogP contribution in [-0.2, 0) is 0 Å². The van der Waals surface area contributed by atoms with Gasteiger partial charge in [-0.2, -0.15) is 0 Å². The Morgan fingerprint density at radius 1 is 0.241 bits per heavy atom. The fourth-order valence-electron chi connectivity index (χ4n) is 9.42. The number of rotatable bonds is 4. The van der Waals surface area contributed by atoms with Crippen molar-refractivity contribution in [1.29, 1.82) is 0 Å². The maximum Gasteiger partial charge on any atom is 0.0541 e. The lowest BCUT2D eigenvalue weighted by Gasteiger charge is -2.08. The van der Waals surface area contributed by atoms with Crippen LogP contribution in [-0.4, -0.2) is 9.13 Å². The third kappa shape index (κ3) is 4.70. The molecule has 0 aliphatic heterocycles. The summed E-state index contributed by atoms with van der Waals surface area (Å²) in [5.41, 5.74) is 12.2. The molecule has 0 aliphatic carbocycles. The van der Waals surface area contributed by atoms with E-state index in [1.165, 1.54) is 118 Å². The highest BCUT2D eigenvalue weighted by Crippen LogP contribution is 2.44. The minimum atomic E-state index is 1.17. The van der Waals surface area contributed by atoms with Crippen molar-refractivity contribution >= 4 is 107 Å².